The maximum Gasteiger partial charge on any atom is 0.356 e. The van der Waals surface area contributed by atoms with Crippen molar-refractivity contribution in [3.8, 4) is 0 Å². The molecule has 0 atom stereocenters. The van der Waals surface area contributed by atoms with Crippen LogP contribution >= 0.6 is 0 Å². The number of imidazole rings is 1. The molecule has 0 aliphatic heterocycles. The van der Waals surface area contributed by atoms with Gasteiger partial charge in [-0.25, -0.2) is 9.78 Å². The number of aromatic carboxylic acids is 1. The van der Waals surface area contributed by atoms with Crippen molar-refractivity contribution in [2.45, 2.75) is 46.4 Å². The Bertz CT molecular complexity index is 369. The van der Waals surface area contributed by atoms with Crippen LogP contribution in [-0.4, -0.2) is 26.7 Å². The minimum Gasteiger partial charge on any atom is -0.476 e. The van der Waals surface area contributed by atoms with Crippen LogP contribution in [0, 0.1) is 0 Å². The van der Waals surface area contributed by atoms with Crippen LogP contribution in [0.2, 0.25) is 0 Å². The van der Waals surface area contributed by atoms with Crippen molar-refractivity contribution in [2.75, 3.05) is 0 Å². The van der Waals surface area contributed by atoms with E-state index in [9.17, 15) is 4.79 Å². The summed E-state index contributed by atoms with van der Waals surface area (Å²) in [4.78, 5) is 14.9. The number of aromatic nitrogens is 2. The second-order valence-corrected chi connectivity index (χ2v) is 4.21. The van der Waals surface area contributed by atoms with Crippen LogP contribution in [0.25, 0.3) is 0 Å². The Kier molecular flexibility index (Phi) is 4.06. The zero-order valence-electron chi connectivity index (χ0n) is 10.1. The van der Waals surface area contributed by atoms with Crippen molar-refractivity contribution >= 4 is 5.97 Å². The fraction of sp³-hybridized carbons (Fsp3) is 0.636. The molecule has 0 spiro atoms. The SMILES string of the molecule is CC(C)OCc1nc(C(=O)O)cn1C(C)C. The Morgan fingerprint density at radius 2 is 2.12 bits per heavy atom. The van der Waals surface area contributed by atoms with E-state index in [0.717, 1.165) is 0 Å². The third-order valence-corrected chi connectivity index (χ3v) is 2.13. The highest BCUT2D eigenvalue weighted by Gasteiger charge is 2.15. The summed E-state index contributed by atoms with van der Waals surface area (Å²) in [5, 5.41) is 8.87. The number of nitrogens with zero attached hydrogens (tertiary/aromatic N) is 2. The van der Waals surface area contributed by atoms with Crippen molar-refractivity contribution in [1.82, 2.24) is 9.55 Å². The number of hydrogen-bond donors (Lipinski definition) is 1. The summed E-state index contributed by atoms with van der Waals surface area (Å²) in [6.07, 6.45) is 1.65. The van der Waals surface area contributed by atoms with Crippen LogP contribution in [-0.2, 0) is 11.3 Å². The van der Waals surface area contributed by atoms with Gasteiger partial charge in [-0.1, -0.05) is 0 Å². The Morgan fingerprint density at radius 3 is 2.56 bits per heavy atom. The lowest BCUT2D eigenvalue weighted by atomic mass is 10.4. The average molecular weight is 226 g/mol. The number of carboxylic acids is 1. The second kappa shape index (κ2) is 5.12. The smallest absolute Gasteiger partial charge is 0.356 e. The number of rotatable bonds is 5. The first-order chi connectivity index (χ1) is 7.41. The zero-order valence-corrected chi connectivity index (χ0v) is 10.1. The molecule has 0 radical (unpaired) electrons. The van der Waals surface area contributed by atoms with Crippen LogP contribution in [0.15, 0.2) is 6.20 Å². The normalized spacial score (nSPS) is 11.4. The highest BCUT2D eigenvalue weighted by molar-refractivity contribution is 5.85. The molecule has 0 aliphatic carbocycles. The largest absolute Gasteiger partial charge is 0.476 e. The first-order valence-corrected chi connectivity index (χ1v) is 5.34. The highest BCUT2D eigenvalue weighted by Crippen LogP contribution is 2.13. The molecule has 90 valence electrons. The molecule has 1 aromatic heterocycles. The van der Waals surface area contributed by atoms with E-state index in [2.05, 4.69) is 4.98 Å². The summed E-state index contributed by atoms with van der Waals surface area (Å²) in [6.45, 7) is 8.16. The Hall–Kier alpha value is -1.36. The molecule has 0 aliphatic rings. The molecule has 0 saturated carbocycles. The number of hydrogen-bond acceptors (Lipinski definition) is 3. The molecule has 1 heterocycles. The molecule has 16 heavy (non-hydrogen) atoms. The quantitative estimate of drug-likeness (QED) is 0.834. The molecule has 0 saturated heterocycles. The topological polar surface area (TPSA) is 64.3 Å². The van der Waals surface area contributed by atoms with E-state index in [1.807, 2.05) is 32.3 Å². The molecule has 1 N–H and O–H groups in total. The van der Waals surface area contributed by atoms with Crippen LogP contribution in [0.5, 0.6) is 0 Å². The summed E-state index contributed by atoms with van der Waals surface area (Å²) in [7, 11) is 0. The summed E-state index contributed by atoms with van der Waals surface area (Å²) < 4.78 is 7.26. The van der Waals surface area contributed by atoms with Crippen molar-refractivity contribution in [2.24, 2.45) is 0 Å². The van der Waals surface area contributed by atoms with Crippen LogP contribution in [0.4, 0.5) is 0 Å². The van der Waals surface area contributed by atoms with E-state index >= 15 is 0 Å². The van der Waals surface area contributed by atoms with Gasteiger partial charge in [0.1, 0.15) is 12.4 Å². The summed E-state index contributed by atoms with van der Waals surface area (Å²) in [6, 6.07) is 0.173. The van der Waals surface area contributed by atoms with Crippen molar-refractivity contribution in [3.05, 3.63) is 17.7 Å². The Balaban J connectivity index is 2.91. The average Bonchev–Trinajstić information content (AvgIpc) is 2.58. The van der Waals surface area contributed by atoms with Gasteiger partial charge in [0.2, 0.25) is 0 Å². The van der Waals surface area contributed by atoms with Gasteiger partial charge in [0.25, 0.3) is 0 Å². The molecule has 0 bridgehead atoms. The summed E-state index contributed by atoms with van der Waals surface area (Å²) >= 11 is 0. The van der Waals surface area contributed by atoms with Crippen LogP contribution in [0.1, 0.15) is 50.0 Å². The molecule has 0 unspecified atom stereocenters. The van der Waals surface area contributed by atoms with Gasteiger partial charge in [-0.05, 0) is 27.7 Å². The first kappa shape index (κ1) is 12.7. The molecule has 5 nitrogen and oxygen atoms in total. The van der Waals surface area contributed by atoms with Gasteiger partial charge in [-0.15, -0.1) is 0 Å². The maximum absolute atomic E-state index is 10.8. The lowest BCUT2D eigenvalue weighted by Gasteiger charge is -2.12. The molecule has 1 rings (SSSR count). The van der Waals surface area contributed by atoms with Gasteiger partial charge in [-0.3, -0.25) is 0 Å². The Labute approximate surface area is 95.1 Å². The molecular weight excluding hydrogens is 208 g/mol. The van der Waals surface area contributed by atoms with Gasteiger partial charge in [-0.2, -0.15) is 0 Å². The lowest BCUT2D eigenvalue weighted by molar-refractivity contribution is 0.0587. The Morgan fingerprint density at radius 1 is 1.50 bits per heavy atom. The molecule has 1 aromatic rings. The van der Waals surface area contributed by atoms with E-state index in [1.165, 1.54) is 0 Å². The van der Waals surface area contributed by atoms with Gasteiger partial charge < -0.3 is 14.4 Å². The molecule has 0 amide bonds. The van der Waals surface area contributed by atoms with E-state index in [4.69, 9.17) is 9.84 Å². The van der Waals surface area contributed by atoms with Crippen molar-refractivity contribution in [3.63, 3.8) is 0 Å². The fourth-order valence-corrected chi connectivity index (χ4v) is 1.33. The summed E-state index contributed by atoms with van der Waals surface area (Å²) in [5.74, 6) is -0.355. The standard InChI is InChI=1S/C11H18N2O3/c1-7(2)13-5-9(11(14)15)12-10(13)6-16-8(3)4/h5,7-8H,6H2,1-4H3,(H,14,15). The van der Waals surface area contributed by atoms with Crippen molar-refractivity contribution in [1.29, 1.82) is 0 Å². The van der Waals surface area contributed by atoms with E-state index in [1.54, 1.807) is 6.20 Å². The van der Waals surface area contributed by atoms with Gasteiger partial charge in [0.05, 0.1) is 6.10 Å². The second-order valence-electron chi connectivity index (χ2n) is 4.21. The molecule has 5 heteroatoms. The molecule has 0 fully saturated rings. The van der Waals surface area contributed by atoms with Gasteiger partial charge in [0, 0.05) is 12.2 Å². The number of carbonyl (C=O) groups is 1. The van der Waals surface area contributed by atoms with Gasteiger partial charge in [0.15, 0.2) is 5.69 Å². The third kappa shape index (κ3) is 3.06. The number of carboxylic acid groups (broad SMARTS) is 1. The third-order valence-electron chi connectivity index (χ3n) is 2.13. The molecule has 0 aromatic carbocycles. The number of ether oxygens (including phenoxy) is 1. The van der Waals surface area contributed by atoms with Crippen molar-refractivity contribution < 1.29 is 14.6 Å². The van der Waals surface area contributed by atoms with E-state index in [-0.39, 0.29) is 17.8 Å². The van der Waals surface area contributed by atoms with Crippen LogP contribution in [0.3, 0.4) is 0 Å². The van der Waals surface area contributed by atoms with E-state index < -0.39 is 5.97 Å². The molecular formula is C11H18N2O3. The lowest BCUT2D eigenvalue weighted by Crippen LogP contribution is -2.10. The maximum atomic E-state index is 10.8. The van der Waals surface area contributed by atoms with E-state index in [0.29, 0.717) is 12.4 Å². The zero-order chi connectivity index (χ0) is 12.3. The predicted molar refractivity (Wildman–Crippen MR) is 59.5 cm³/mol. The van der Waals surface area contributed by atoms with Crippen LogP contribution < -0.4 is 0 Å². The fourth-order valence-electron chi connectivity index (χ4n) is 1.33. The minimum atomic E-state index is -1.01. The summed E-state index contributed by atoms with van der Waals surface area (Å²) in [5.41, 5.74) is 0.0658. The van der Waals surface area contributed by atoms with Gasteiger partial charge >= 0.3 is 5.97 Å². The predicted octanol–water partition coefficient (Wildman–Crippen LogP) is 2.09. The minimum absolute atomic E-state index is 0.0658. The first-order valence-electron chi connectivity index (χ1n) is 5.34. The monoisotopic (exact) mass is 226 g/mol. The highest BCUT2D eigenvalue weighted by atomic mass is 16.5.